The maximum Gasteiger partial charge on any atom is 0.115 e. The van der Waals surface area contributed by atoms with Gasteiger partial charge < -0.3 is 20.4 Å². The number of aryl methyl sites for hydroxylation is 1. The topological polar surface area (TPSA) is 80.9 Å². The van der Waals surface area contributed by atoms with Crippen LogP contribution in [0.25, 0.3) is 0 Å². The van der Waals surface area contributed by atoms with Gasteiger partial charge in [0.1, 0.15) is 11.9 Å². The second kappa shape index (κ2) is 4.70. The normalized spacial score (nSPS) is 46.7. The van der Waals surface area contributed by atoms with Crippen LogP contribution in [0.4, 0.5) is 0 Å². The Hall–Kier alpha value is -1.10. The monoisotopic (exact) mass is 304 g/mol. The van der Waals surface area contributed by atoms with E-state index in [4.69, 9.17) is 0 Å². The van der Waals surface area contributed by atoms with Crippen molar-refractivity contribution in [2.45, 2.75) is 56.8 Å². The van der Waals surface area contributed by atoms with E-state index in [0.29, 0.717) is 11.7 Å². The molecule has 4 rings (SSSR count). The lowest BCUT2D eigenvalue weighted by Gasteiger charge is -2.50. The molecule has 3 aliphatic rings. The number of hydrogen-bond donors (Lipinski definition) is 4. The average Bonchev–Trinajstić information content (AvgIpc) is 2.68. The summed E-state index contributed by atoms with van der Waals surface area (Å²) in [6.07, 6.45) is 0.894. The highest BCUT2D eigenvalue weighted by Crippen LogP contribution is 2.60. The molecule has 0 radical (unpaired) electrons. The summed E-state index contributed by atoms with van der Waals surface area (Å²) < 4.78 is 0. The third-order valence-corrected chi connectivity index (χ3v) is 6.72. The molecule has 22 heavy (non-hydrogen) atoms. The SMILES string of the molecule is C[C@]12CC[C@@H]3c4ccc(O)cc4CC[C@H]3[C@@H]1[C@H](O)[C@H](O)[C@H]2O. The molecular weight excluding hydrogens is 280 g/mol. The van der Waals surface area contributed by atoms with Crippen molar-refractivity contribution >= 4 is 0 Å². The molecule has 3 aliphatic carbocycles. The Kier molecular flexibility index (Phi) is 3.09. The van der Waals surface area contributed by atoms with Crippen molar-refractivity contribution in [1.29, 1.82) is 0 Å². The molecule has 0 unspecified atom stereocenters. The summed E-state index contributed by atoms with van der Waals surface area (Å²) in [5, 5.41) is 40.7. The van der Waals surface area contributed by atoms with Crippen LogP contribution in [0.5, 0.6) is 5.75 Å². The van der Waals surface area contributed by atoms with Gasteiger partial charge >= 0.3 is 0 Å². The van der Waals surface area contributed by atoms with E-state index in [-0.39, 0.29) is 11.8 Å². The molecule has 4 nitrogen and oxygen atoms in total. The fourth-order valence-corrected chi connectivity index (χ4v) is 5.62. The summed E-state index contributed by atoms with van der Waals surface area (Å²) in [6, 6.07) is 5.61. The largest absolute Gasteiger partial charge is 0.508 e. The summed E-state index contributed by atoms with van der Waals surface area (Å²) in [5.74, 6) is 0.898. The van der Waals surface area contributed by atoms with E-state index < -0.39 is 23.7 Å². The summed E-state index contributed by atoms with van der Waals surface area (Å²) in [5.41, 5.74) is 2.09. The van der Waals surface area contributed by atoms with Gasteiger partial charge in [0.05, 0.1) is 12.2 Å². The van der Waals surface area contributed by atoms with Crippen LogP contribution in [0.3, 0.4) is 0 Å². The van der Waals surface area contributed by atoms with E-state index in [1.807, 2.05) is 19.1 Å². The Morgan fingerprint density at radius 3 is 2.64 bits per heavy atom. The Balaban J connectivity index is 1.74. The van der Waals surface area contributed by atoms with Crippen molar-refractivity contribution in [3.8, 4) is 5.75 Å². The van der Waals surface area contributed by atoms with Gasteiger partial charge in [0, 0.05) is 5.41 Å². The van der Waals surface area contributed by atoms with Gasteiger partial charge in [0.2, 0.25) is 0 Å². The molecule has 2 fully saturated rings. The Bertz CT molecular complexity index is 601. The van der Waals surface area contributed by atoms with Crippen LogP contribution in [0.15, 0.2) is 18.2 Å². The third kappa shape index (κ3) is 1.75. The lowest BCUT2D eigenvalue weighted by Crippen LogP contribution is -2.46. The fourth-order valence-electron chi connectivity index (χ4n) is 5.62. The van der Waals surface area contributed by atoms with Crippen LogP contribution in [-0.2, 0) is 6.42 Å². The number of aromatic hydroxyl groups is 1. The van der Waals surface area contributed by atoms with Gasteiger partial charge in [-0.15, -0.1) is 0 Å². The lowest BCUT2D eigenvalue weighted by molar-refractivity contribution is -0.0505. The molecule has 2 saturated carbocycles. The van der Waals surface area contributed by atoms with Crippen LogP contribution < -0.4 is 0 Å². The highest BCUT2D eigenvalue weighted by Gasteiger charge is 2.62. The molecule has 7 atom stereocenters. The number of hydrogen-bond acceptors (Lipinski definition) is 4. The number of aliphatic hydroxyl groups excluding tert-OH is 3. The van der Waals surface area contributed by atoms with Crippen LogP contribution in [0.1, 0.15) is 43.2 Å². The van der Waals surface area contributed by atoms with Crippen molar-refractivity contribution in [2.75, 3.05) is 0 Å². The van der Waals surface area contributed by atoms with Gasteiger partial charge in [-0.25, -0.2) is 0 Å². The second-order valence-electron chi connectivity index (χ2n) is 7.69. The molecule has 1 aromatic carbocycles. The Labute approximate surface area is 130 Å². The molecule has 0 aromatic heterocycles. The van der Waals surface area contributed by atoms with Crippen molar-refractivity contribution in [3.05, 3.63) is 29.3 Å². The van der Waals surface area contributed by atoms with Crippen LogP contribution in [0.2, 0.25) is 0 Å². The van der Waals surface area contributed by atoms with E-state index in [1.165, 1.54) is 11.1 Å². The lowest BCUT2D eigenvalue weighted by atomic mass is 9.55. The first kappa shape index (κ1) is 14.5. The summed E-state index contributed by atoms with van der Waals surface area (Å²) in [7, 11) is 0. The minimum Gasteiger partial charge on any atom is -0.508 e. The van der Waals surface area contributed by atoms with Crippen LogP contribution in [0, 0.1) is 17.3 Å². The number of rotatable bonds is 0. The smallest absolute Gasteiger partial charge is 0.115 e. The van der Waals surface area contributed by atoms with Gasteiger partial charge in [-0.1, -0.05) is 13.0 Å². The van der Waals surface area contributed by atoms with E-state index in [2.05, 4.69) is 0 Å². The number of phenols is 1. The minimum atomic E-state index is -1.03. The van der Waals surface area contributed by atoms with Gasteiger partial charge in [-0.2, -0.15) is 0 Å². The standard InChI is InChI=1S/C18H24O4/c1-18-7-6-12-11-5-3-10(19)8-9(11)2-4-13(12)14(18)15(20)16(21)17(18)22/h3,5,8,12-17,19-22H,2,4,6-7H2,1H3/t12-,13-,14-,15+,16+,17-,18+/m1/s1. The highest BCUT2D eigenvalue weighted by molar-refractivity contribution is 5.40. The first-order chi connectivity index (χ1) is 10.4. The summed E-state index contributed by atoms with van der Waals surface area (Å²) in [4.78, 5) is 0. The molecule has 0 spiro atoms. The Morgan fingerprint density at radius 1 is 1.09 bits per heavy atom. The third-order valence-electron chi connectivity index (χ3n) is 6.72. The predicted octanol–water partition coefficient (Wildman–Crippen LogP) is 1.55. The van der Waals surface area contributed by atoms with Gasteiger partial charge in [0.15, 0.2) is 0 Å². The predicted molar refractivity (Wildman–Crippen MR) is 81.5 cm³/mol. The minimum absolute atomic E-state index is 0.0572. The zero-order valence-electron chi connectivity index (χ0n) is 12.8. The van der Waals surface area contributed by atoms with Crippen LogP contribution >= 0.6 is 0 Å². The first-order valence-corrected chi connectivity index (χ1v) is 8.29. The maximum absolute atomic E-state index is 10.5. The Morgan fingerprint density at radius 2 is 1.86 bits per heavy atom. The van der Waals surface area contributed by atoms with E-state index in [9.17, 15) is 20.4 Å². The van der Waals surface area contributed by atoms with Gasteiger partial charge in [-0.05, 0) is 66.7 Å². The second-order valence-corrected chi connectivity index (χ2v) is 7.69. The maximum atomic E-state index is 10.5. The molecule has 0 heterocycles. The molecule has 0 amide bonds. The summed E-state index contributed by atoms with van der Waals surface area (Å²) in [6.45, 7) is 2.02. The molecule has 0 saturated heterocycles. The van der Waals surface area contributed by atoms with E-state index in [1.54, 1.807) is 6.07 Å². The van der Waals surface area contributed by atoms with Crippen molar-refractivity contribution in [2.24, 2.45) is 17.3 Å². The first-order valence-electron chi connectivity index (χ1n) is 8.29. The molecule has 0 aliphatic heterocycles. The van der Waals surface area contributed by atoms with Crippen molar-refractivity contribution in [3.63, 3.8) is 0 Å². The number of benzene rings is 1. The van der Waals surface area contributed by atoms with E-state index >= 15 is 0 Å². The molecular formula is C18H24O4. The van der Waals surface area contributed by atoms with Gasteiger partial charge in [-0.3, -0.25) is 0 Å². The van der Waals surface area contributed by atoms with Crippen LogP contribution in [-0.4, -0.2) is 38.7 Å². The fraction of sp³-hybridized carbons (Fsp3) is 0.667. The molecule has 0 bridgehead atoms. The number of aliphatic hydroxyl groups is 3. The highest BCUT2D eigenvalue weighted by atomic mass is 16.4. The number of fused-ring (bicyclic) bond motifs is 5. The van der Waals surface area contributed by atoms with Crippen molar-refractivity contribution < 1.29 is 20.4 Å². The zero-order chi connectivity index (χ0) is 15.6. The van der Waals surface area contributed by atoms with E-state index in [0.717, 1.165) is 25.7 Å². The molecule has 1 aromatic rings. The quantitative estimate of drug-likeness (QED) is 0.586. The average molecular weight is 304 g/mol. The molecule has 4 N–H and O–H groups in total. The summed E-state index contributed by atoms with van der Waals surface area (Å²) >= 11 is 0. The number of phenolic OH excluding ortho intramolecular Hbond substituents is 1. The molecule has 4 heteroatoms. The molecule has 120 valence electrons. The van der Waals surface area contributed by atoms with Gasteiger partial charge in [0.25, 0.3) is 0 Å². The zero-order valence-corrected chi connectivity index (χ0v) is 12.8. The van der Waals surface area contributed by atoms with Crippen molar-refractivity contribution in [1.82, 2.24) is 0 Å².